The van der Waals surface area contributed by atoms with E-state index in [0.717, 1.165) is 24.7 Å². The SMILES string of the molecule is CN=C(NCC1CCCN(C)C1c1cccs1)Nc1ccc(OC)c(OC)c1. The second kappa shape index (κ2) is 9.80. The fraction of sp³-hybridized carbons (Fsp3) is 0.476. The van der Waals surface area contributed by atoms with Gasteiger partial charge in [0.2, 0.25) is 0 Å². The number of likely N-dealkylation sites (tertiary alicyclic amines) is 1. The number of guanidine groups is 1. The first-order valence-corrected chi connectivity index (χ1v) is 10.5. The predicted octanol–water partition coefficient (Wildman–Crippen LogP) is 3.84. The second-order valence-corrected chi connectivity index (χ2v) is 7.97. The van der Waals surface area contributed by atoms with Crippen molar-refractivity contribution in [2.45, 2.75) is 18.9 Å². The third kappa shape index (κ3) is 4.77. The maximum atomic E-state index is 5.38. The van der Waals surface area contributed by atoms with E-state index in [-0.39, 0.29) is 0 Å². The fourth-order valence-electron chi connectivity index (χ4n) is 3.84. The summed E-state index contributed by atoms with van der Waals surface area (Å²) in [6, 6.07) is 10.6. The van der Waals surface area contributed by atoms with Crippen molar-refractivity contribution < 1.29 is 9.47 Å². The summed E-state index contributed by atoms with van der Waals surface area (Å²) in [6.45, 7) is 2.03. The summed E-state index contributed by atoms with van der Waals surface area (Å²) >= 11 is 1.85. The highest BCUT2D eigenvalue weighted by molar-refractivity contribution is 7.10. The Morgan fingerprint density at radius 2 is 2.07 bits per heavy atom. The Balaban J connectivity index is 1.65. The number of methoxy groups -OCH3 is 2. The monoisotopic (exact) mass is 402 g/mol. The van der Waals surface area contributed by atoms with Crippen LogP contribution in [0.5, 0.6) is 11.5 Å². The third-order valence-corrected chi connectivity index (χ3v) is 6.19. The molecule has 0 aliphatic carbocycles. The van der Waals surface area contributed by atoms with Crippen LogP contribution in [0, 0.1) is 5.92 Å². The fourth-order valence-corrected chi connectivity index (χ4v) is 4.82. The zero-order valence-electron chi connectivity index (χ0n) is 17.1. The number of hydrogen-bond donors (Lipinski definition) is 2. The highest BCUT2D eigenvalue weighted by Gasteiger charge is 2.31. The number of aliphatic imine (C=N–C) groups is 1. The van der Waals surface area contributed by atoms with E-state index >= 15 is 0 Å². The Morgan fingerprint density at radius 3 is 2.75 bits per heavy atom. The minimum atomic E-state index is 0.459. The Bertz CT molecular complexity index is 779. The summed E-state index contributed by atoms with van der Waals surface area (Å²) < 4.78 is 10.7. The molecular formula is C21H30N4O2S. The highest BCUT2D eigenvalue weighted by atomic mass is 32.1. The van der Waals surface area contributed by atoms with Gasteiger partial charge in [-0.3, -0.25) is 9.89 Å². The molecule has 0 bridgehead atoms. The van der Waals surface area contributed by atoms with Crippen molar-refractivity contribution in [3.63, 3.8) is 0 Å². The molecule has 2 atom stereocenters. The number of hydrogen-bond acceptors (Lipinski definition) is 5. The lowest BCUT2D eigenvalue weighted by atomic mass is 9.88. The zero-order valence-corrected chi connectivity index (χ0v) is 17.9. The lowest BCUT2D eigenvalue weighted by molar-refractivity contribution is 0.125. The van der Waals surface area contributed by atoms with E-state index in [1.165, 1.54) is 17.7 Å². The van der Waals surface area contributed by atoms with Crippen molar-refractivity contribution in [1.82, 2.24) is 10.2 Å². The van der Waals surface area contributed by atoms with Crippen LogP contribution in [0.2, 0.25) is 0 Å². The molecule has 2 heterocycles. The maximum absolute atomic E-state index is 5.38. The van der Waals surface area contributed by atoms with Crippen LogP contribution in [-0.2, 0) is 0 Å². The third-order valence-electron chi connectivity index (χ3n) is 5.24. The minimum absolute atomic E-state index is 0.459. The number of thiophene rings is 1. The van der Waals surface area contributed by atoms with E-state index < -0.39 is 0 Å². The largest absolute Gasteiger partial charge is 0.493 e. The first kappa shape index (κ1) is 20.5. The highest BCUT2D eigenvalue weighted by Crippen LogP contribution is 2.36. The van der Waals surface area contributed by atoms with E-state index in [1.807, 2.05) is 29.5 Å². The number of nitrogens with zero attached hydrogens (tertiary/aromatic N) is 2. The van der Waals surface area contributed by atoms with Gasteiger partial charge in [-0.1, -0.05) is 6.07 Å². The average molecular weight is 403 g/mol. The molecule has 1 aliphatic rings. The Morgan fingerprint density at radius 1 is 1.25 bits per heavy atom. The van der Waals surface area contributed by atoms with Crippen molar-refractivity contribution in [2.75, 3.05) is 46.7 Å². The van der Waals surface area contributed by atoms with Crippen LogP contribution in [0.1, 0.15) is 23.8 Å². The normalized spacial score (nSPS) is 20.6. The summed E-state index contributed by atoms with van der Waals surface area (Å²) in [4.78, 5) is 8.30. The molecule has 1 saturated heterocycles. The van der Waals surface area contributed by atoms with Gasteiger partial charge in [0.25, 0.3) is 0 Å². The molecule has 28 heavy (non-hydrogen) atoms. The predicted molar refractivity (Wildman–Crippen MR) is 117 cm³/mol. The lowest BCUT2D eigenvalue weighted by Crippen LogP contribution is -2.42. The topological polar surface area (TPSA) is 58.1 Å². The Labute approximate surface area is 171 Å². The summed E-state index contributed by atoms with van der Waals surface area (Å²) in [5.41, 5.74) is 0.904. The van der Waals surface area contributed by atoms with Gasteiger partial charge in [0.05, 0.1) is 14.2 Å². The van der Waals surface area contributed by atoms with E-state index in [9.17, 15) is 0 Å². The number of rotatable bonds is 6. The molecule has 0 amide bonds. The molecule has 2 N–H and O–H groups in total. The van der Waals surface area contributed by atoms with Gasteiger partial charge >= 0.3 is 0 Å². The molecule has 1 aromatic carbocycles. The van der Waals surface area contributed by atoms with Gasteiger partial charge in [-0.05, 0) is 55.9 Å². The molecule has 7 heteroatoms. The standard InChI is InChI=1S/C21H30N4O2S/c1-22-21(24-16-9-10-17(26-3)18(13-16)27-4)23-14-15-7-5-11-25(2)20(15)19-8-6-12-28-19/h6,8-10,12-13,15,20H,5,7,11,14H2,1-4H3,(H2,22,23,24). The van der Waals surface area contributed by atoms with Gasteiger partial charge in [0, 0.05) is 36.3 Å². The minimum Gasteiger partial charge on any atom is -0.493 e. The molecular weight excluding hydrogens is 372 g/mol. The van der Waals surface area contributed by atoms with Gasteiger partial charge in [-0.25, -0.2) is 0 Å². The second-order valence-electron chi connectivity index (χ2n) is 6.99. The molecule has 2 aromatic rings. The molecule has 1 fully saturated rings. The van der Waals surface area contributed by atoms with Gasteiger partial charge in [0.1, 0.15) is 0 Å². The number of anilines is 1. The van der Waals surface area contributed by atoms with Gasteiger partial charge in [0.15, 0.2) is 17.5 Å². The van der Waals surface area contributed by atoms with Crippen molar-refractivity contribution in [3.8, 4) is 11.5 Å². The molecule has 2 unspecified atom stereocenters. The van der Waals surface area contributed by atoms with E-state index in [1.54, 1.807) is 21.3 Å². The van der Waals surface area contributed by atoms with Gasteiger partial charge in [-0.15, -0.1) is 11.3 Å². The Hall–Kier alpha value is -2.25. The first-order chi connectivity index (χ1) is 13.7. The number of benzene rings is 1. The molecule has 0 radical (unpaired) electrons. The lowest BCUT2D eigenvalue weighted by Gasteiger charge is -2.39. The summed E-state index contributed by atoms with van der Waals surface area (Å²) in [6.07, 6.45) is 2.44. The summed E-state index contributed by atoms with van der Waals surface area (Å²) in [5.74, 6) is 2.70. The molecule has 152 valence electrons. The van der Waals surface area contributed by atoms with Crippen LogP contribution in [0.4, 0.5) is 5.69 Å². The maximum Gasteiger partial charge on any atom is 0.195 e. The molecule has 1 aromatic heterocycles. The number of ether oxygens (including phenoxy) is 2. The average Bonchev–Trinajstić information content (AvgIpc) is 3.25. The molecule has 3 rings (SSSR count). The number of nitrogens with one attached hydrogen (secondary N) is 2. The summed E-state index contributed by atoms with van der Waals surface area (Å²) in [5, 5.41) is 9.02. The smallest absolute Gasteiger partial charge is 0.195 e. The van der Waals surface area contributed by atoms with Crippen LogP contribution in [0.3, 0.4) is 0 Å². The summed E-state index contributed by atoms with van der Waals surface area (Å²) in [7, 11) is 7.29. The van der Waals surface area contributed by atoms with Crippen molar-refractivity contribution in [1.29, 1.82) is 0 Å². The van der Waals surface area contributed by atoms with Crippen LogP contribution < -0.4 is 20.1 Å². The number of piperidine rings is 1. The van der Waals surface area contributed by atoms with E-state index in [0.29, 0.717) is 23.5 Å². The van der Waals surface area contributed by atoms with Crippen molar-refractivity contribution in [3.05, 3.63) is 40.6 Å². The van der Waals surface area contributed by atoms with Crippen LogP contribution in [0.15, 0.2) is 40.7 Å². The quantitative estimate of drug-likeness (QED) is 0.568. The molecule has 6 nitrogen and oxygen atoms in total. The van der Waals surface area contributed by atoms with Gasteiger partial charge in [-0.2, -0.15) is 0 Å². The van der Waals surface area contributed by atoms with Crippen LogP contribution in [-0.4, -0.2) is 52.3 Å². The zero-order chi connectivity index (χ0) is 19.9. The first-order valence-electron chi connectivity index (χ1n) is 9.59. The van der Waals surface area contributed by atoms with Crippen LogP contribution >= 0.6 is 11.3 Å². The Kier molecular flexibility index (Phi) is 7.17. The van der Waals surface area contributed by atoms with Crippen LogP contribution in [0.25, 0.3) is 0 Å². The molecule has 0 spiro atoms. The van der Waals surface area contributed by atoms with E-state index in [2.05, 4.69) is 45.1 Å². The van der Waals surface area contributed by atoms with Crippen molar-refractivity contribution >= 4 is 23.0 Å². The molecule has 0 saturated carbocycles. The molecule has 1 aliphatic heterocycles. The van der Waals surface area contributed by atoms with Gasteiger partial charge < -0.3 is 20.1 Å². The van der Waals surface area contributed by atoms with Crippen molar-refractivity contribution in [2.24, 2.45) is 10.9 Å². The van der Waals surface area contributed by atoms with E-state index in [4.69, 9.17) is 9.47 Å².